The molecule has 0 saturated carbocycles. The van der Waals surface area contributed by atoms with Crippen molar-refractivity contribution in [2.45, 2.75) is 13.0 Å². The Morgan fingerprint density at radius 1 is 1.12 bits per heavy atom. The summed E-state index contributed by atoms with van der Waals surface area (Å²) in [6.45, 7) is 0.582. The van der Waals surface area contributed by atoms with E-state index in [-0.39, 0.29) is 36.3 Å². The first kappa shape index (κ1) is 16.1. The van der Waals surface area contributed by atoms with Gasteiger partial charge in [-0.05, 0) is 29.8 Å². The summed E-state index contributed by atoms with van der Waals surface area (Å²) >= 11 is 0. The van der Waals surface area contributed by atoms with Crippen LogP contribution in [0.1, 0.15) is 12.0 Å². The Morgan fingerprint density at radius 2 is 1.83 bits per heavy atom. The van der Waals surface area contributed by atoms with Gasteiger partial charge in [-0.2, -0.15) is 0 Å². The summed E-state index contributed by atoms with van der Waals surface area (Å²) in [5, 5.41) is 2.52. The number of hydrogen-bond acceptors (Lipinski definition) is 2. The van der Waals surface area contributed by atoms with E-state index in [0.717, 1.165) is 5.56 Å². The molecule has 0 spiro atoms. The largest absolute Gasteiger partial charge is 0.338 e. The second kappa shape index (κ2) is 6.78. The first-order valence-electron chi connectivity index (χ1n) is 7.60. The highest BCUT2D eigenvalue weighted by molar-refractivity contribution is 5.97. The van der Waals surface area contributed by atoms with Crippen LogP contribution in [0, 0.1) is 17.6 Å². The number of carbonyl (C=O) groups is 2. The molecule has 1 aliphatic rings. The molecule has 1 saturated heterocycles. The lowest BCUT2D eigenvalue weighted by molar-refractivity contribution is -0.128. The summed E-state index contributed by atoms with van der Waals surface area (Å²) in [5.41, 5.74) is 0.895. The maximum atomic E-state index is 13.6. The molecule has 1 N–H and O–H groups in total. The number of amides is 2. The van der Waals surface area contributed by atoms with Crippen molar-refractivity contribution in [3.05, 3.63) is 65.7 Å². The molecule has 0 unspecified atom stereocenters. The number of anilines is 1. The Balaban J connectivity index is 1.62. The normalized spacial score (nSPS) is 17.2. The smallest absolute Gasteiger partial charge is 0.229 e. The van der Waals surface area contributed by atoms with Crippen LogP contribution in [0.25, 0.3) is 0 Å². The number of nitrogens with one attached hydrogen (secondary N) is 1. The predicted molar refractivity (Wildman–Crippen MR) is 85.0 cm³/mol. The minimum Gasteiger partial charge on any atom is -0.338 e. The lowest BCUT2D eigenvalue weighted by Gasteiger charge is -2.16. The molecular formula is C18H16F2N2O2. The lowest BCUT2D eigenvalue weighted by Crippen LogP contribution is -2.28. The summed E-state index contributed by atoms with van der Waals surface area (Å²) in [6, 6.07) is 11.8. The van der Waals surface area contributed by atoms with Crippen LogP contribution in [0.5, 0.6) is 0 Å². The van der Waals surface area contributed by atoms with Gasteiger partial charge in [0.1, 0.15) is 11.6 Å². The van der Waals surface area contributed by atoms with Crippen LogP contribution in [-0.4, -0.2) is 23.3 Å². The Bertz CT molecular complexity index is 762. The van der Waals surface area contributed by atoms with Gasteiger partial charge in [-0.25, -0.2) is 8.78 Å². The van der Waals surface area contributed by atoms with Crippen molar-refractivity contribution in [2.75, 3.05) is 11.9 Å². The van der Waals surface area contributed by atoms with Crippen LogP contribution in [0.2, 0.25) is 0 Å². The Morgan fingerprint density at radius 3 is 2.54 bits per heavy atom. The summed E-state index contributed by atoms with van der Waals surface area (Å²) in [4.78, 5) is 25.9. The SMILES string of the molecule is O=C(Nc1ccccc1F)[C@@H]1CC(=O)N(Cc2ccc(F)cc2)C1. The van der Waals surface area contributed by atoms with Crippen molar-refractivity contribution < 1.29 is 18.4 Å². The molecule has 2 aromatic carbocycles. The third-order valence-electron chi connectivity index (χ3n) is 4.00. The molecule has 1 fully saturated rings. The second-order valence-corrected chi connectivity index (χ2v) is 5.77. The molecule has 3 rings (SSSR count). The van der Waals surface area contributed by atoms with Crippen molar-refractivity contribution in [3.63, 3.8) is 0 Å². The van der Waals surface area contributed by atoms with E-state index in [9.17, 15) is 18.4 Å². The van der Waals surface area contributed by atoms with Crippen molar-refractivity contribution in [1.82, 2.24) is 4.90 Å². The lowest BCUT2D eigenvalue weighted by atomic mass is 10.1. The van der Waals surface area contributed by atoms with Crippen LogP contribution in [0.15, 0.2) is 48.5 Å². The first-order chi connectivity index (χ1) is 11.5. The van der Waals surface area contributed by atoms with E-state index in [2.05, 4.69) is 5.32 Å². The number of benzene rings is 2. The van der Waals surface area contributed by atoms with E-state index < -0.39 is 11.7 Å². The highest BCUT2D eigenvalue weighted by Crippen LogP contribution is 2.22. The quantitative estimate of drug-likeness (QED) is 0.937. The van der Waals surface area contributed by atoms with Crippen molar-refractivity contribution >= 4 is 17.5 Å². The number of halogens is 2. The Hall–Kier alpha value is -2.76. The molecule has 2 aromatic rings. The fourth-order valence-electron chi connectivity index (χ4n) is 2.71. The standard InChI is InChI=1S/C18H16F2N2O2/c19-14-7-5-12(6-8-14)10-22-11-13(9-17(22)23)18(24)21-16-4-2-1-3-15(16)20/h1-8,13H,9-11H2,(H,21,24)/t13-/m1/s1. The summed E-state index contributed by atoms with van der Waals surface area (Å²) in [5.74, 6) is -1.91. The van der Waals surface area contributed by atoms with E-state index in [0.29, 0.717) is 6.54 Å². The van der Waals surface area contributed by atoms with Gasteiger partial charge in [-0.1, -0.05) is 24.3 Å². The number of nitrogens with zero attached hydrogens (tertiary/aromatic N) is 1. The third-order valence-corrected chi connectivity index (χ3v) is 4.00. The maximum Gasteiger partial charge on any atom is 0.229 e. The molecular weight excluding hydrogens is 314 g/mol. The van der Waals surface area contributed by atoms with Crippen LogP contribution >= 0.6 is 0 Å². The number of likely N-dealkylation sites (tertiary alicyclic amines) is 1. The van der Waals surface area contributed by atoms with Gasteiger partial charge in [0.15, 0.2) is 0 Å². The zero-order valence-electron chi connectivity index (χ0n) is 12.8. The van der Waals surface area contributed by atoms with Crippen LogP contribution in [0.4, 0.5) is 14.5 Å². The van der Waals surface area contributed by atoms with E-state index >= 15 is 0 Å². The molecule has 4 nitrogen and oxygen atoms in total. The molecule has 24 heavy (non-hydrogen) atoms. The average Bonchev–Trinajstić information content (AvgIpc) is 2.93. The van der Waals surface area contributed by atoms with Crippen LogP contribution in [0.3, 0.4) is 0 Å². The minimum absolute atomic E-state index is 0.0848. The van der Waals surface area contributed by atoms with Gasteiger partial charge in [-0.3, -0.25) is 9.59 Å². The molecule has 0 bridgehead atoms. The van der Waals surface area contributed by atoms with Crippen molar-refractivity contribution in [3.8, 4) is 0 Å². The molecule has 2 amide bonds. The molecule has 0 radical (unpaired) electrons. The Labute approximate surface area is 138 Å². The molecule has 124 valence electrons. The highest BCUT2D eigenvalue weighted by Gasteiger charge is 2.34. The van der Waals surface area contributed by atoms with Crippen LogP contribution < -0.4 is 5.32 Å². The van der Waals surface area contributed by atoms with Gasteiger partial charge < -0.3 is 10.2 Å². The molecule has 1 atom stereocenters. The van der Waals surface area contributed by atoms with Gasteiger partial charge in [0.25, 0.3) is 0 Å². The predicted octanol–water partition coefficient (Wildman–Crippen LogP) is 2.95. The van der Waals surface area contributed by atoms with Gasteiger partial charge in [0.2, 0.25) is 11.8 Å². The summed E-state index contributed by atoms with van der Waals surface area (Å²) < 4.78 is 26.5. The van der Waals surface area contributed by atoms with Gasteiger partial charge >= 0.3 is 0 Å². The summed E-state index contributed by atoms with van der Waals surface area (Å²) in [6.07, 6.45) is 0.0848. The monoisotopic (exact) mass is 330 g/mol. The first-order valence-corrected chi connectivity index (χ1v) is 7.60. The van der Waals surface area contributed by atoms with Crippen molar-refractivity contribution in [2.24, 2.45) is 5.92 Å². The van der Waals surface area contributed by atoms with Gasteiger partial charge in [0, 0.05) is 19.5 Å². The fraction of sp³-hybridized carbons (Fsp3) is 0.222. The van der Waals surface area contributed by atoms with Crippen molar-refractivity contribution in [1.29, 1.82) is 0 Å². The minimum atomic E-state index is -0.530. The van der Waals surface area contributed by atoms with Gasteiger partial charge in [-0.15, -0.1) is 0 Å². The zero-order chi connectivity index (χ0) is 17.1. The number of hydrogen-bond donors (Lipinski definition) is 1. The van der Waals surface area contributed by atoms with E-state index in [4.69, 9.17) is 0 Å². The Kier molecular flexibility index (Phi) is 4.55. The average molecular weight is 330 g/mol. The molecule has 0 aliphatic carbocycles. The fourth-order valence-corrected chi connectivity index (χ4v) is 2.71. The van der Waals surface area contributed by atoms with Crippen LogP contribution in [-0.2, 0) is 16.1 Å². The number of carbonyl (C=O) groups excluding carboxylic acids is 2. The number of rotatable bonds is 4. The zero-order valence-corrected chi connectivity index (χ0v) is 12.8. The topological polar surface area (TPSA) is 49.4 Å². The maximum absolute atomic E-state index is 13.6. The molecule has 0 aromatic heterocycles. The number of para-hydroxylation sites is 1. The van der Waals surface area contributed by atoms with Gasteiger partial charge in [0.05, 0.1) is 11.6 Å². The molecule has 1 heterocycles. The van der Waals surface area contributed by atoms with E-state index in [1.165, 1.54) is 30.3 Å². The van der Waals surface area contributed by atoms with E-state index in [1.807, 2.05) is 0 Å². The molecule has 1 aliphatic heterocycles. The summed E-state index contributed by atoms with van der Waals surface area (Å²) in [7, 11) is 0. The highest BCUT2D eigenvalue weighted by atomic mass is 19.1. The third kappa shape index (κ3) is 3.59. The van der Waals surface area contributed by atoms with E-state index in [1.54, 1.807) is 23.1 Å². The second-order valence-electron chi connectivity index (χ2n) is 5.77. The molecule has 6 heteroatoms.